The highest BCUT2D eigenvalue weighted by Crippen LogP contribution is 2.24. The molecule has 1 aliphatic heterocycles. The lowest BCUT2D eigenvalue weighted by molar-refractivity contribution is -0.141. The smallest absolute Gasteiger partial charge is 0.308 e. The van der Waals surface area contributed by atoms with Crippen LogP contribution >= 0.6 is 11.6 Å². The van der Waals surface area contributed by atoms with E-state index >= 15 is 0 Å². The molecule has 0 aromatic carbocycles. The average Bonchev–Trinajstić information content (AvgIpc) is 2.29. The summed E-state index contributed by atoms with van der Waals surface area (Å²) in [6.45, 7) is 1.43. The number of carboxylic acid groups (broad SMARTS) is 1. The number of aliphatic carboxylic acids is 1. The van der Waals surface area contributed by atoms with Crippen molar-refractivity contribution in [2.45, 2.75) is 12.8 Å². The number of nitrogens with zero attached hydrogens (tertiary/aromatic N) is 2. The largest absolute Gasteiger partial charge is 0.481 e. The van der Waals surface area contributed by atoms with Gasteiger partial charge in [-0.25, -0.2) is 4.98 Å². The van der Waals surface area contributed by atoms with Crippen molar-refractivity contribution in [3.05, 3.63) is 23.5 Å². The predicted molar refractivity (Wildman–Crippen MR) is 61.8 cm³/mol. The summed E-state index contributed by atoms with van der Waals surface area (Å²) < 4.78 is 0. The van der Waals surface area contributed by atoms with Crippen molar-refractivity contribution in [1.29, 1.82) is 0 Å². The van der Waals surface area contributed by atoms with Crippen molar-refractivity contribution in [2.75, 3.05) is 18.0 Å². The maximum absolute atomic E-state index is 10.9. The van der Waals surface area contributed by atoms with E-state index in [1.54, 1.807) is 12.3 Å². The Balaban J connectivity index is 2.12. The van der Waals surface area contributed by atoms with Crippen LogP contribution in [0.1, 0.15) is 12.8 Å². The molecular formula is C11H13ClN2O2. The molecule has 0 bridgehead atoms. The van der Waals surface area contributed by atoms with Crippen molar-refractivity contribution >= 4 is 23.3 Å². The van der Waals surface area contributed by atoms with E-state index in [1.807, 2.05) is 6.07 Å². The molecule has 1 aromatic rings. The van der Waals surface area contributed by atoms with Crippen LogP contribution in [0.25, 0.3) is 0 Å². The van der Waals surface area contributed by atoms with Crippen molar-refractivity contribution < 1.29 is 9.90 Å². The van der Waals surface area contributed by atoms with Crippen molar-refractivity contribution in [3.8, 4) is 0 Å². The lowest BCUT2D eigenvalue weighted by Gasteiger charge is -2.32. The van der Waals surface area contributed by atoms with Crippen LogP contribution in [-0.4, -0.2) is 29.1 Å². The number of hydrogen-bond acceptors (Lipinski definition) is 3. The Morgan fingerprint density at radius 1 is 1.62 bits per heavy atom. The van der Waals surface area contributed by atoms with E-state index in [-0.39, 0.29) is 5.92 Å². The van der Waals surface area contributed by atoms with Gasteiger partial charge in [0.2, 0.25) is 0 Å². The highest BCUT2D eigenvalue weighted by molar-refractivity contribution is 6.29. The second-order valence-electron chi connectivity index (χ2n) is 3.96. The van der Waals surface area contributed by atoms with Crippen LogP contribution in [-0.2, 0) is 4.79 Å². The van der Waals surface area contributed by atoms with Gasteiger partial charge in [-0.2, -0.15) is 0 Å². The molecule has 1 fully saturated rings. The van der Waals surface area contributed by atoms with Crippen molar-refractivity contribution in [2.24, 2.45) is 5.92 Å². The molecule has 2 rings (SSSR count). The molecule has 0 amide bonds. The molecule has 0 radical (unpaired) electrons. The third-order valence-electron chi connectivity index (χ3n) is 2.85. The van der Waals surface area contributed by atoms with Gasteiger partial charge in [0.05, 0.1) is 5.92 Å². The van der Waals surface area contributed by atoms with Crippen LogP contribution in [0.5, 0.6) is 0 Å². The van der Waals surface area contributed by atoms with Gasteiger partial charge in [-0.1, -0.05) is 11.6 Å². The molecule has 5 heteroatoms. The molecule has 16 heavy (non-hydrogen) atoms. The zero-order valence-corrected chi connectivity index (χ0v) is 9.52. The fraction of sp³-hybridized carbons (Fsp3) is 0.455. The molecule has 1 aliphatic rings. The van der Waals surface area contributed by atoms with E-state index in [0.717, 1.165) is 25.1 Å². The number of carbonyl (C=O) groups is 1. The quantitative estimate of drug-likeness (QED) is 0.804. The first-order valence-corrected chi connectivity index (χ1v) is 5.64. The summed E-state index contributed by atoms with van der Waals surface area (Å²) in [5, 5.41) is 9.43. The molecule has 86 valence electrons. The zero-order chi connectivity index (χ0) is 11.5. The first kappa shape index (κ1) is 11.2. The van der Waals surface area contributed by atoms with E-state index < -0.39 is 5.97 Å². The van der Waals surface area contributed by atoms with Crippen molar-refractivity contribution in [1.82, 2.24) is 4.98 Å². The Kier molecular flexibility index (Phi) is 3.29. The molecule has 0 aliphatic carbocycles. The minimum atomic E-state index is -0.718. The number of halogens is 1. The summed E-state index contributed by atoms with van der Waals surface area (Å²) in [6.07, 6.45) is 3.30. The van der Waals surface area contributed by atoms with Crippen LogP contribution in [0, 0.1) is 5.92 Å². The highest BCUT2D eigenvalue weighted by Gasteiger charge is 2.25. The summed E-state index contributed by atoms with van der Waals surface area (Å²) in [7, 11) is 0. The van der Waals surface area contributed by atoms with Gasteiger partial charge in [-0.05, 0) is 25.0 Å². The minimum Gasteiger partial charge on any atom is -0.481 e. The molecule has 0 saturated carbocycles. The van der Waals surface area contributed by atoms with Crippen molar-refractivity contribution in [3.63, 3.8) is 0 Å². The zero-order valence-electron chi connectivity index (χ0n) is 8.77. The SMILES string of the molecule is O=C(O)[C@@H]1CCCN(c2ccnc(Cl)c2)C1. The number of rotatable bonds is 2. The van der Waals surface area contributed by atoms with E-state index in [4.69, 9.17) is 16.7 Å². The molecule has 0 spiro atoms. The fourth-order valence-electron chi connectivity index (χ4n) is 2.00. The molecule has 1 aromatic heterocycles. The topological polar surface area (TPSA) is 53.4 Å². The number of hydrogen-bond donors (Lipinski definition) is 1. The number of piperidine rings is 1. The normalized spacial score (nSPS) is 20.8. The van der Waals surface area contributed by atoms with E-state index in [1.165, 1.54) is 0 Å². The van der Waals surface area contributed by atoms with E-state index in [0.29, 0.717) is 11.7 Å². The first-order chi connectivity index (χ1) is 7.66. The van der Waals surface area contributed by atoms with Gasteiger partial charge in [0.15, 0.2) is 0 Å². The molecule has 1 N–H and O–H groups in total. The second kappa shape index (κ2) is 4.70. The van der Waals surface area contributed by atoms with Gasteiger partial charge in [0.1, 0.15) is 5.15 Å². The number of pyridine rings is 1. The summed E-state index contributed by atoms with van der Waals surface area (Å²) in [4.78, 5) is 16.9. The standard InChI is InChI=1S/C11H13ClN2O2/c12-10-6-9(3-4-13-10)14-5-1-2-8(7-14)11(15)16/h3-4,6,8H,1-2,5,7H2,(H,15,16)/t8-/m1/s1. The number of carboxylic acids is 1. The molecule has 4 nitrogen and oxygen atoms in total. The van der Waals surface area contributed by atoms with Gasteiger partial charge in [0, 0.05) is 25.0 Å². The van der Waals surface area contributed by atoms with Crippen LogP contribution in [0.15, 0.2) is 18.3 Å². The van der Waals surface area contributed by atoms with Crippen LogP contribution in [0.3, 0.4) is 0 Å². The number of aromatic nitrogens is 1. The first-order valence-electron chi connectivity index (χ1n) is 5.26. The van der Waals surface area contributed by atoms with Gasteiger partial charge < -0.3 is 10.0 Å². The summed E-state index contributed by atoms with van der Waals surface area (Å²) in [5.74, 6) is -0.995. The third kappa shape index (κ3) is 2.44. The van der Waals surface area contributed by atoms with Crippen LogP contribution in [0.4, 0.5) is 5.69 Å². The summed E-state index contributed by atoms with van der Waals surface area (Å²) in [6, 6.07) is 3.63. The Hall–Kier alpha value is -1.29. The Labute approximate surface area is 98.9 Å². The Bertz CT molecular complexity index is 397. The van der Waals surface area contributed by atoms with E-state index in [2.05, 4.69) is 9.88 Å². The Morgan fingerprint density at radius 3 is 3.12 bits per heavy atom. The average molecular weight is 241 g/mol. The minimum absolute atomic E-state index is 0.277. The second-order valence-corrected chi connectivity index (χ2v) is 4.35. The van der Waals surface area contributed by atoms with Gasteiger partial charge in [-0.3, -0.25) is 4.79 Å². The number of anilines is 1. The van der Waals surface area contributed by atoms with Gasteiger partial charge in [-0.15, -0.1) is 0 Å². The maximum Gasteiger partial charge on any atom is 0.308 e. The van der Waals surface area contributed by atoms with Gasteiger partial charge >= 0.3 is 5.97 Å². The van der Waals surface area contributed by atoms with Gasteiger partial charge in [0.25, 0.3) is 0 Å². The summed E-state index contributed by atoms with van der Waals surface area (Å²) >= 11 is 5.81. The molecule has 2 heterocycles. The third-order valence-corrected chi connectivity index (χ3v) is 3.05. The molecule has 1 atom stereocenters. The molecule has 1 saturated heterocycles. The maximum atomic E-state index is 10.9. The lowest BCUT2D eigenvalue weighted by atomic mass is 9.98. The van der Waals surface area contributed by atoms with Crippen LogP contribution < -0.4 is 4.90 Å². The lowest BCUT2D eigenvalue weighted by Crippen LogP contribution is -2.38. The molecular weight excluding hydrogens is 228 g/mol. The summed E-state index contributed by atoms with van der Waals surface area (Å²) in [5.41, 5.74) is 0.950. The highest BCUT2D eigenvalue weighted by atomic mass is 35.5. The Morgan fingerprint density at radius 2 is 2.44 bits per heavy atom. The molecule has 0 unspecified atom stereocenters. The van der Waals surface area contributed by atoms with Crippen LogP contribution in [0.2, 0.25) is 5.15 Å². The van der Waals surface area contributed by atoms with E-state index in [9.17, 15) is 4.79 Å². The monoisotopic (exact) mass is 240 g/mol. The predicted octanol–water partition coefficient (Wildman–Crippen LogP) is 2.04. The fourth-order valence-corrected chi connectivity index (χ4v) is 2.17.